The lowest BCUT2D eigenvalue weighted by atomic mass is 10.2. The third-order valence-electron chi connectivity index (χ3n) is 2.24. The SMILES string of the molecule is CCOC(=O)c1cnc2c(c(F)nn2C)c1Cl. The molecule has 0 aromatic carbocycles. The largest absolute Gasteiger partial charge is 0.462 e. The van der Waals surface area contributed by atoms with E-state index in [4.69, 9.17) is 16.3 Å². The Morgan fingerprint density at radius 1 is 1.65 bits per heavy atom. The first-order valence-electron chi connectivity index (χ1n) is 4.90. The summed E-state index contributed by atoms with van der Waals surface area (Å²) in [6.45, 7) is 1.88. The first kappa shape index (κ1) is 11.8. The Morgan fingerprint density at radius 2 is 2.35 bits per heavy atom. The van der Waals surface area contributed by atoms with Crippen LogP contribution >= 0.6 is 11.6 Å². The number of halogens is 2. The molecule has 7 heteroatoms. The van der Waals surface area contributed by atoms with Crippen LogP contribution in [0, 0.1) is 5.95 Å². The van der Waals surface area contributed by atoms with E-state index in [0.717, 1.165) is 0 Å². The van der Waals surface area contributed by atoms with Crippen molar-refractivity contribution in [2.75, 3.05) is 6.61 Å². The van der Waals surface area contributed by atoms with Crippen molar-refractivity contribution in [3.8, 4) is 0 Å². The summed E-state index contributed by atoms with van der Waals surface area (Å²) in [5.41, 5.74) is 0.313. The second-order valence-corrected chi connectivity index (χ2v) is 3.70. The van der Waals surface area contributed by atoms with Gasteiger partial charge in [0.2, 0.25) is 5.95 Å². The van der Waals surface area contributed by atoms with Gasteiger partial charge in [-0.15, -0.1) is 5.10 Å². The maximum absolute atomic E-state index is 13.5. The molecule has 0 radical (unpaired) electrons. The number of aryl methyl sites for hydroxylation is 1. The van der Waals surface area contributed by atoms with Crippen LogP contribution in [0.5, 0.6) is 0 Å². The molecule has 2 aromatic rings. The highest BCUT2D eigenvalue weighted by Gasteiger charge is 2.20. The van der Waals surface area contributed by atoms with E-state index in [2.05, 4.69) is 10.1 Å². The van der Waals surface area contributed by atoms with Crippen LogP contribution in [0.3, 0.4) is 0 Å². The van der Waals surface area contributed by atoms with Crippen molar-refractivity contribution in [1.82, 2.24) is 14.8 Å². The number of aromatic nitrogens is 3. The van der Waals surface area contributed by atoms with Crippen LogP contribution in [-0.4, -0.2) is 27.3 Å². The predicted molar refractivity (Wildman–Crippen MR) is 59.4 cm³/mol. The summed E-state index contributed by atoms with van der Waals surface area (Å²) < 4.78 is 19.5. The molecule has 0 bridgehead atoms. The molecule has 0 atom stereocenters. The number of nitrogens with zero attached hydrogens (tertiary/aromatic N) is 3. The maximum atomic E-state index is 13.5. The monoisotopic (exact) mass is 257 g/mol. The molecule has 0 saturated carbocycles. The number of hydrogen-bond donors (Lipinski definition) is 0. The topological polar surface area (TPSA) is 57.0 Å². The van der Waals surface area contributed by atoms with Crippen molar-refractivity contribution in [2.24, 2.45) is 7.05 Å². The summed E-state index contributed by atoms with van der Waals surface area (Å²) in [6.07, 6.45) is 1.25. The zero-order valence-electron chi connectivity index (χ0n) is 9.20. The molecule has 0 aliphatic carbocycles. The predicted octanol–water partition coefficient (Wildman–Crippen LogP) is 1.94. The van der Waals surface area contributed by atoms with Gasteiger partial charge in [-0.25, -0.2) is 14.5 Å². The van der Waals surface area contributed by atoms with E-state index in [-0.39, 0.29) is 28.2 Å². The van der Waals surface area contributed by atoms with Gasteiger partial charge in [0.05, 0.1) is 22.6 Å². The Labute approximate surface area is 101 Å². The molecule has 2 rings (SSSR count). The highest BCUT2D eigenvalue weighted by Crippen LogP contribution is 2.27. The van der Waals surface area contributed by atoms with Gasteiger partial charge in [0.1, 0.15) is 0 Å². The number of ether oxygens (including phenoxy) is 1. The van der Waals surface area contributed by atoms with Crippen LogP contribution in [-0.2, 0) is 11.8 Å². The van der Waals surface area contributed by atoms with Crippen LogP contribution in [0.15, 0.2) is 6.20 Å². The number of rotatable bonds is 2. The second-order valence-electron chi connectivity index (χ2n) is 3.32. The highest BCUT2D eigenvalue weighted by atomic mass is 35.5. The van der Waals surface area contributed by atoms with E-state index < -0.39 is 11.9 Å². The molecule has 0 N–H and O–H groups in total. The van der Waals surface area contributed by atoms with Gasteiger partial charge in [-0.1, -0.05) is 11.6 Å². The summed E-state index contributed by atoms with van der Waals surface area (Å²) in [4.78, 5) is 15.5. The number of pyridine rings is 1. The lowest BCUT2D eigenvalue weighted by Crippen LogP contribution is -2.06. The van der Waals surface area contributed by atoms with Crippen molar-refractivity contribution in [2.45, 2.75) is 6.92 Å². The van der Waals surface area contributed by atoms with Crippen LogP contribution < -0.4 is 0 Å². The Kier molecular flexibility index (Phi) is 2.97. The summed E-state index contributed by atoms with van der Waals surface area (Å²) in [7, 11) is 1.54. The molecule has 0 aliphatic rings. The third kappa shape index (κ3) is 1.84. The lowest BCUT2D eigenvalue weighted by molar-refractivity contribution is 0.0526. The van der Waals surface area contributed by atoms with Gasteiger partial charge in [0, 0.05) is 13.2 Å². The molecule has 2 aromatic heterocycles. The average Bonchev–Trinajstić information content (AvgIpc) is 2.56. The Balaban J connectivity index is 2.65. The Bertz CT molecular complexity index is 597. The van der Waals surface area contributed by atoms with Crippen LogP contribution in [0.1, 0.15) is 17.3 Å². The van der Waals surface area contributed by atoms with E-state index in [1.54, 1.807) is 14.0 Å². The zero-order valence-corrected chi connectivity index (χ0v) is 9.95. The fourth-order valence-corrected chi connectivity index (χ4v) is 1.78. The van der Waals surface area contributed by atoms with Gasteiger partial charge in [0.15, 0.2) is 5.65 Å². The second kappa shape index (κ2) is 4.29. The minimum Gasteiger partial charge on any atom is -0.462 e. The Morgan fingerprint density at radius 3 is 3.00 bits per heavy atom. The van der Waals surface area contributed by atoms with Gasteiger partial charge in [-0.05, 0) is 6.92 Å². The quantitative estimate of drug-likeness (QED) is 0.772. The van der Waals surface area contributed by atoms with E-state index in [1.165, 1.54) is 10.9 Å². The van der Waals surface area contributed by atoms with E-state index in [0.29, 0.717) is 0 Å². The summed E-state index contributed by atoms with van der Waals surface area (Å²) >= 11 is 5.96. The normalized spacial score (nSPS) is 10.8. The maximum Gasteiger partial charge on any atom is 0.341 e. The van der Waals surface area contributed by atoms with Crippen molar-refractivity contribution in [3.05, 3.63) is 22.7 Å². The lowest BCUT2D eigenvalue weighted by Gasteiger charge is -2.04. The molecule has 2 heterocycles. The molecule has 0 unspecified atom stereocenters. The average molecular weight is 258 g/mol. The fraction of sp³-hybridized carbons (Fsp3) is 0.300. The van der Waals surface area contributed by atoms with E-state index in [9.17, 15) is 9.18 Å². The number of fused-ring (bicyclic) bond motifs is 1. The fourth-order valence-electron chi connectivity index (χ4n) is 1.49. The molecule has 90 valence electrons. The molecule has 0 spiro atoms. The summed E-state index contributed by atoms with van der Waals surface area (Å²) in [5, 5.41) is 3.55. The number of hydrogen-bond acceptors (Lipinski definition) is 4. The standard InChI is InChI=1S/C10H9ClFN3O2/c1-3-17-10(16)5-4-13-9-6(7(5)11)8(12)14-15(9)2/h4H,3H2,1-2H3. The Hall–Kier alpha value is -1.69. The van der Waals surface area contributed by atoms with Crippen LogP contribution in [0.2, 0.25) is 5.02 Å². The van der Waals surface area contributed by atoms with Gasteiger partial charge >= 0.3 is 5.97 Å². The molecule has 17 heavy (non-hydrogen) atoms. The summed E-state index contributed by atoms with van der Waals surface area (Å²) in [6, 6.07) is 0. The number of esters is 1. The molecule has 0 aliphatic heterocycles. The first-order valence-corrected chi connectivity index (χ1v) is 5.27. The molecular weight excluding hydrogens is 249 g/mol. The molecule has 5 nitrogen and oxygen atoms in total. The van der Waals surface area contributed by atoms with E-state index >= 15 is 0 Å². The first-order chi connectivity index (χ1) is 8.06. The number of carbonyl (C=O) groups is 1. The third-order valence-corrected chi connectivity index (χ3v) is 2.63. The van der Waals surface area contributed by atoms with Crippen molar-refractivity contribution in [1.29, 1.82) is 0 Å². The molecule has 0 fully saturated rings. The molecular formula is C10H9ClFN3O2. The molecule has 0 saturated heterocycles. The van der Waals surface area contributed by atoms with Gasteiger partial charge in [0.25, 0.3) is 0 Å². The van der Waals surface area contributed by atoms with Gasteiger partial charge in [-0.3, -0.25) is 0 Å². The molecule has 0 amide bonds. The van der Waals surface area contributed by atoms with Crippen LogP contribution in [0.25, 0.3) is 11.0 Å². The van der Waals surface area contributed by atoms with E-state index in [1.807, 2.05) is 0 Å². The van der Waals surface area contributed by atoms with Crippen LogP contribution in [0.4, 0.5) is 4.39 Å². The van der Waals surface area contributed by atoms with Crippen molar-refractivity contribution >= 4 is 28.6 Å². The minimum atomic E-state index is -0.758. The van der Waals surface area contributed by atoms with Crippen molar-refractivity contribution < 1.29 is 13.9 Å². The zero-order chi connectivity index (χ0) is 12.6. The highest BCUT2D eigenvalue weighted by molar-refractivity contribution is 6.38. The van der Waals surface area contributed by atoms with Gasteiger partial charge in [-0.2, -0.15) is 4.39 Å². The minimum absolute atomic E-state index is 0.0275. The summed E-state index contributed by atoms with van der Waals surface area (Å²) in [5.74, 6) is -1.39. The van der Waals surface area contributed by atoms with Gasteiger partial charge < -0.3 is 4.74 Å². The number of carbonyl (C=O) groups excluding carboxylic acids is 1. The smallest absolute Gasteiger partial charge is 0.341 e. The van der Waals surface area contributed by atoms with Crippen molar-refractivity contribution in [3.63, 3.8) is 0 Å².